The summed E-state index contributed by atoms with van der Waals surface area (Å²) in [7, 11) is 0. The average Bonchev–Trinajstić information content (AvgIpc) is 2.05. The van der Waals surface area contributed by atoms with Gasteiger partial charge in [-0.1, -0.05) is 34.0 Å². The van der Waals surface area contributed by atoms with E-state index in [9.17, 15) is 4.79 Å². The second-order valence-corrected chi connectivity index (χ2v) is 3.23. The number of benzene rings is 1. The molecule has 0 radical (unpaired) electrons. The van der Waals surface area contributed by atoms with E-state index >= 15 is 0 Å². The van der Waals surface area contributed by atoms with Crippen molar-refractivity contribution >= 4 is 21.7 Å². The number of hydrogen-bond donors (Lipinski definition) is 0. The van der Waals surface area contributed by atoms with Crippen LogP contribution in [0.2, 0.25) is 0 Å². The Kier molecular flexibility index (Phi) is 3.07. The molecular weight excluding hydrogens is 216 g/mol. The molecule has 0 aliphatic rings. The predicted molar refractivity (Wildman–Crippen MR) is 51.9 cm³/mol. The molecule has 2 heteroatoms. The third-order valence-corrected chi connectivity index (χ3v) is 1.90. The minimum Gasteiger partial charge on any atom is -0.293 e. The van der Waals surface area contributed by atoms with Gasteiger partial charge in [-0.25, -0.2) is 0 Å². The first-order chi connectivity index (χ1) is 5.74. The molecule has 0 aliphatic carbocycles. The summed E-state index contributed by atoms with van der Waals surface area (Å²) in [5.74, 6) is 2.31. The smallest absolute Gasteiger partial charge is 0.174 e. The quantitative estimate of drug-likeness (QED) is 0.556. The van der Waals surface area contributed by atoms with Crippen LogP contribution in [0.1, 0.15) is 16.8 Å². The van der Waals surface area contributed by atoms with Crippen LogP contribution in [0.5, 0.6) is 0 Å². The molecule has 0 spiro atoms. The van der Waals surface area contributed by atoms with Crippen LogP contribution in [0, 0.1) is 12.3 Å². The summed E-state index contributed by atoms with van der Waals surface area (Å²) in [5, 5.41) is 0. The Labute approximate surface area is 79.9 Å². The number of Topliss-reactive ketones (excluding diaryl/α,β-unsaturated/α-hetero) is 1. The molecule has 1 rings (SSSR count). The van der Waals surface area contributed by atoms with E-state index in [4.69, 9.17) is 6.42 Å². The summed E-state index contributed by atoms with van der Waals surface area (Å²) in [6, 6.07) is 7.20. The fourth-order valence-corrected chi connectivity index (χ4v) is 1.26. The molecule has 1 nitrogen and oxygen atoms in total. The summed E-state index contributed by atoms with van der Waals surface area (Å²) in [4.78, 5) is 11.2. The van der Waals surface area contributed by atoms with E-state index in [0.717, 1.165) is 4.47 Å². The van der Waals surface area contributed by atoms with Crippen molar-refractivity contribution in [1.82, 2.24) is 0 Å². The molecule has 0 saturated heterocycles. The first-order valence-corrected chi connectivity index (χ1v) is 4.25. The van der Waals surface area contributed by atoms with Crippen LogP contribution in [0.15, 0.2) is 28.7 Å². The van der Waals surface area contributed by atoms with Crippen LogP contribution in [0.4, 0.5) is 0 Å². The summed E-state index contributed by atoms with van der Waals surface area (Å²) >= 11 is 3.28. The number of halogens is 1. The molecule has 0 aromatic heterocycles. The average molecular weight is 223 g/mol. The van der Waals surface area contributed by atoms with Crippen molar-refractivity contribution in [1.29, 1.82) is 0 Å². The standard InChI is InChI=1S/C10H7BrO/c1-2-4-10(12)8-5-3-6-9(11)7-8/h1,3,5-7H,4H2. The van der Waals surface area contributed by atoms with E-state index in [1.54, 1.807) is 12.1 Å². The van der Waals surface area contributed by atoms with Crippen molar-refractivity contribution in [3.63, 3.8) is 0 Å². The van der Waals surface area contributed by atoms with Crippen molar-refractivity contribution in [2.45, 2.75) is 6.42 Å². The van der Waals surface area contributed by atoms with Gasteiger partial charge in [0.15, 0.2) is 5.78 Å². The first-order valence-electron chi connectivity index (χ1n) is 3.46. The highest BCUT2D eigenvalue weighted by Crippen LogP contribution is 2.12. The van der Waals surface area contributed by atoms with Crippen molar-refractivity contribution in [2.75, 3.05) is 0 Å². The fraction of sp³-hybridized carbons (Fsp3) is 0.100. The van der Waals surface area contributed by atoms with Crippen molar-refractivity contribution in [3.05, 3.63) is 34.3 Å². The summed E-state index contributed by atoms with van der Waals surface area (Å²) in [6.07, 6.45) is 5.19. The van der Waals surface area contributed by atoms with Crippen LogP contribution in [0.3, 0.4) is 0 Å². The second-order valence-electron chi connectivity index (χ2n) is 2.31. The molecule has 0 N–H and O–H groups in total. The predicted octanol–water partition coefficient (Wildman–Crippen LogP) is 2.66. The highest BCUT2D eigenvalue weighted by Gasteiger charge is 2.02. The third kappa shape index (κ3) is 2.21. The van der Waals surface area contributed by atoms with E-state index in [1.165, 1.54) is 0 Å². The Bertz CT molecular complexity index is 336. The topological polar surface area (TPSA) is 17.1 Å². The van der Waals surface area contributed by atoms with Crippen LogP contribution >= 0.6 is 15.9 Å². The van der Waals surface area contributed by atoms with Gasteiger partial charge >= 0.3 is 0 Å². The van der Waals surface area contributed by atoms with Crippen LogP contribution in [-0.4, -0.2) is 5.78 Å². The van der Waals surface area contributed by atoms with E-state index in [0.29, 0.717) is 5.56 Å². The maximum atomic E-state index is 11.2. The first kappa shape index (κ1) is 9.02. The number of carbonyl (C=O) groups excluding carboxylic acids is 1. The summed E-state index contributed by atoms with van der Waals surface area (Å²) < 4.78 is 0.894. The number of carbonyl (C=O) groups is 1. The van der Waals surface area contributed by atoms with Crippen molar-refractivity contribution < 1.29 is 4.79 Å². The highest BCUT2D eigenvalue weighted by molar-refractivity contribution is 9.10. The maximum Gasteiger partial charge on any atom is 0.174 e. The largest absolute Gasteiger partial charge is 0.293 e. The Morgan fingerprint density at radius 2 is 2.33 bits per heavy atom. The SMILES string of the molecule is C#CCC(=O)c1cccc(Br)c1. The minimum absolute atomic E-state index is 0.0150. The number of ketones is 1. The number of hydrogen-bond acceptors (Lipinski definition) is 1. The van der Waals surface area contributed by atoms with Gasteiger partial charge in [0.25, 0.3) is 0 Å². The number of rotatable bonds is 2. The molecule has 0 amide bonds. The zero-order valence-corrected chi connectivity index (χ0v) is 7.97. The Hall–Kier alpha value is -1.07. The Balaban J connectivity index is 2.90. The lowest BCUT2D eigenvalue weighted by Gasteiger charge is -1.96. The number of terminal acetylenes is 1. The molecule has 12 heavy (non-hydrogen) atoms. The van der Waals surface area contributed by atoms with Gasteiger partial charge in [0.1, 0.15) is 0 Å². The van der Waals surface area contributed by atoms with Gasteiger partial charge < -0.3 is 0 Å². The van der Waals surface area contributed by atoms with Gasteiger partial charge in [0, 0.05) is 10.0 Å². The maximum absolute atomic E-state index is 11.2. The van der Waals surface area contributed by atoms with E-state index in [-0.39, 0.29) is 12.2 Å². The molecule has 0 saturated carbocycles. The monoisotopic (exact) mass is 222 g/mol. The molecule has 0 heterocycles. The zero-order chi connectivity index (χ0) is 8.97. The normalized spacial score (nSPS) is 9.00. The van der Waals surface area contributed by atoms with E-state index in [2.05, 4.69) is 21.9 Å². The molecule has 0 aliphatic heterocycles. The van der Waals surface area contributed by atoms with Gasteiger partial charge in [-0.2, -0.15) is 0 Å². The Morgan fingerprint density at radius 1 is 1.58 bits per heavy atom. The molecule has 60 valence electrons. The van der Waals surface area contributed by atoms with Crippen LogP contribution in [0.25, 0.3) is 0 Å². The van der Waals surface area contributed by atoms with Gasteiger partial charge in [0.2, 0.25) is 0 Å². The van der Waals surface area contributed by atoms with Crippen LogP contribution < -0.4 is 0 Å². The fourth-order valence-electron chi connectivity index (χ4n) is 0.857. The van der Waals surface area contributed by atoms with Crippen molar-refractivity contribution in [3.8, 4) is 12.3 Å². The van der Waals surface area contributed by atoms with Gasteiger partial charge in [0.05, 0.1) is 6.42 Å². The third-order valence-electron chi connectivity index (χ3n) is 1.41. The van der Waals surface area contributed by atoms with E-state index in [1.807, 2.05) is 12.1 Å². The van der Waals surface area contributed by atoms with E-state index < -0.39 is 0 Å². The molecule has 0 unspecified atom stereocenters. The molecule has 0 atom stereocenters. The molecular formula is C10H7BrO. The zero-order valence-electron chi connectivity index (χ0n) is 6.38. The lowest BCUT2D eigenvalue weighted by molar-refractivity contribution is 0.0998. The molecule has 0 fully saturated rings. The molecule has 0 bridgehead atoms. The van der Waals surface area contributed by atoms with Crippen molar-refractivity contribution in [2.24, 2.45) is 0 Å². The lowest BCUT2D eigenvalue weighted by atomic mass is 10.1. The Morgan fingerprint density at radius 3 is 2.92 bits per heavy atom. The minimum atomic E-state index is -0.0150. The highest BCUT2D eigenvalue weighted by atomic mass is 79.9. The lowest BCUT2D eigenvalue weighted by Crippen LogP contribution is -1.96. The van der Waals surface area contributed by atoms with Crippen LogP contribution in [-0.2, 0) is 0 Å². The summed E-state index contributed by atoms with van der Waals surface area (Å²) in [6.45, 7) is 0. The van der Waals surface area contributed by atoms with Gasteiger partial charge in [-0.3, -0.25) is 4.79 Å². The molecule has 1 aromatic carbocycles. The second kappa shape index (κ2) is 4.08. The van der Waals surface area contributed by atoms with Gasteiger partial charge in [-0.15, -0.1) is 6.42 Å². The molecule has 1 aromatic rings. The summed E-state index contributed by atoms with van der Waals surface area (Å²) in [5.41, 5.74) is 0.655. The van der Waals surface area contributed by atoms with Gasteiger partial charge in [-0.05, 0) is 12.1 Å².